The average Bonchev–Trinajstić information content (AvgIpc) is 3.09. The molecule has 1 aliphatic rings. The van der Waals surface area contributed by atoms with Crippen LogP contribution >= 0.6 is 11.3 Å². The number of aromatic nitrogens is 1. The molecule has 0 spiro atoms. The van der Waals surface area contributed by atoms with Crippen molar-refractivity contribution >= 4 is 38.7 Å². The summed E-state index contributed by atoms with van der Waals surface area (Å²) in [6.45, 7) is 1.96. The van der Waals surface area contributed by atoms with Crippen molar-refractivity contribution in [3.05, 3.63) is 52.8 Å². The summed E-state index contributed by atoms with van der Waals surface area (Å²) >= 11 is 1.59. The molecule has 0 amide bonds. The van der Waals surface area contributed by atoms with Crippen LogP contribution in [0.1, 0.15) is 12.5 Å². The van der Waals surface area contributed by atoms with Crippen molar-refractivity contribution in [2.75, 3.05) is 7.11 Å². The highest BCUT2D eigenvalue weighted by atomic mass is 32.1. The molecule has 0 fully saturated rings. The fourth-order valence-electron chi connectivity index (χ4n) is 2.76. The second-order valence-corrected chi connectivity index (χ2v) is 6.55. The van der Waals surface area contributed by atoms with Crippen molar-refractivity contribution in [1.29, 1.82) is 0 Å². The van der Waals surface area contributed by atoms with Crippen molar-refractivity contribution in [3.63, 3.8) is 0 Å². The van der Waals surface area contributed by atoms with Gasteiger partial charge in [0.15, 0.2) is 0 Å². The third-order valence-electron chi connectivity index (χ3n) is 4.04. The summed E-state index contributed by atoms with van der Waals surface area (Å²) in [7, 11) is 3.67. The Balaban J connectivity index is 1.84. The summed E-state index contributed by atoms with van der Waals surface area (Å²) in [5, 5.41) is 8.96. The minimum Gasteiger partial charge on any atom is -0.497 e. The standard InChI is InChI=1S/C18H16N4OS/c1-11-17(13-6-4-5-7-14(13)19-11)20-21-18-22(2)15-9-8-12(23-3)10-16(15)24-18/h4-10H,1-3H3. The number of ether oxygens (including phenoxy) is 1. The van der Waals surface area contributed by atoms with Gasteiger partial charge in [-0.2, -0.15) is 0 Å². The Morgan fingerprint density at radius 1 is 1.12 bits per heavy atom. The first kappa shape index (κ1) is 14.8. The number of rotatable bonds is 2. The van der Waals surface area contributed by atoms with Crippen LogP contribution in [0.3, 0.4) is 0 Å². The number of methoxy groups -OCH3 is 1. The van der Waals surface area contributed by atoms with Crippen molar-refractivity contribution < 1.29 is 4.74 Å². The highest BCUT2D eigenvalue weighted by molar-refractivity contribution is 7.16. The maximum Gasteiger partial charge on any atom is 0.211 e. The lowest BCUT2D eigenvalue weighted by Crippen LogP contribution is -2.11. The molecule has 2 aromatic carbocycles. The Hall–Kier alpha value is -2.73. The molecule has 0 radical (unpaired) electrons. The van der Waals surface area contributed by atoms with Gasteiger partial charge in [0.2, 0.25) is 4.80 Å². The smallest absolute Gasteiger partial charge is 0.211 e. The van der Waals surface area contributed by atoms with Crippen molar-refractivity contribution in [3.8, 4) is 5.75 Å². The SMILES string of the molecule is COc1ccc2c(c1)sc(=NN=C1C(C)=Nc3ccccc31)n2C. The van der Waals surface area contributed by atoms with Crippen LogP contribution in [0, 0.1) is 0 Å². The first-order valence-electron chi connectivity index (χ1n) is 7.57. The van der Waals surface area contributed by atoms with E-state index >= 15 is 0 Å². The number of aryl methyl sites for hydroxylation is 1. The molecule has 2 heterocycles. The molecule has 3 aromatic rings. The number of para-hydroxylation sites is 1. The molecule has 24 heavy (non-hydrogen) atoms. The summed E-state index contributed by atoms with van der Waals surface area (Å²) in [5.74, 6) is 0.843. The van der Waals surface area contributed by atoms with E-state index in [1.54, 1.807) is 18.4 Å². The van der Waals surface area contributed by atoms with Gasteiger partial charge in [0.05, 0.1) is 28.7 Å². The average molecular weight is 336 g/mol. The van der Waals surface area contributed by atoms with E-state index in [1.165, 1.54) is 0 Å². The minimum absolute atomic E-state index is 0.834. The monoisotopic (exact) mass is 336 g/mol. The summed E-state index contributed by atoms with van der Waals surface area (Å²) in [6, 6.07) is 14.0. The number of benzene rings is 2. The van der Waals surface area contributed by atoms with Crippen LogP contribution in [-0.4, -0.2) is 23.1 Å². The number of nitrogens with zero attached hydrogens (tertiary/aromatic N) is 4. The molecule has 0 atom stereocenters. The van der Waals surface area contributed by atoms with E-state index in [4.69, 9.17) is 4.74 Å². The fourth-order valence-corrected chi connectivity index (χ4v) is 3.75. The van der Waals surface area contributed by atoms with Gasteiger partial charge in [-0.25, -0.2) is 0 Å². The zero-order valence-corrected chi connectivity index (χ0v) is 14.5. The molecule has 6 heteroatoms. The van der Waals surface area contributed by atoms with Crippen molar-refractivity contribution in [2.24, 2.45) is 22.2 Å². The van der Waals surface area contributed by atoms with Gasteiger partial charge in [-0.15, -0.1) is 10.2 Å². The zero-order valence-electron chi connectivity index (χ0n) is 13.6. The minimum atomic E-state index is 0.834. The van der Waals surface area contributed by atoms with E-state index in [1.807, 2.05) is 61.0 Å². The lowest BCUT2D eigenvalue weighted by molar-refractivity contribution is 0.415. The summed E-state index contributed by atoms with van der Waals surface area (Å²) in [4.78, 5) is 5.38. The Kier molecular flexibility index (Phi) is 3.54. The van der Waals surface area contributed by atoms with Crippen LogP contribution in [0.5, 0.6) is 5.75 Å². The maximum absolute atomic E-state index is 5.29. The molecule has 1 aromatic heterocycles. The fraction of sp³-hybridized carbons (Fsp3) is 0.167. The number of thiazole rings is 1. The van der Waals surface area contributed by atoms with Gasteiger partial charge in [-0.1, -0.05) is 29.5 Å². The topological polar surface area (TPSA) is 51.2 Å². The Bertz CT molecular complexity index is 1070. The number of fused-ring (bicyclic) bond motifs is 2. The van der Waals surface area contributed by atoms with Gasteiger partial charge < -0.3 is 9.30 Å². The van der Waals surface area contributed by atoms with E-state index < -0.39 is 0 Å². The van der Waals surface area contributed by atoms with E-state index in [-0.39, 0.29) is 0 Å². The van der Waals surface area contributed by atoms with Crippen LogP contribution < -0.4 is 9.54 Å². The molecule has 0 aliphatic carbocycles. The molecule has 0 unspecified atom stereocenters. The largest absolute Gasteiger partial charge is 0.497 e. The van der Waals surface area contributed by atoms with E-state index in [9.17, 15) is 0 Å². The van der Waals surface area contributed by atoms with E-state index in [0.717, 1.165) is 43.4 Å². The molecule has 1 aliphatic heterocycles. The molecule has 0 N–H and O–H groups in total. The zero-order chi connectivity index (χ0) is 16.7. The molecular weight excluding hydrogens is 320 g/mol. The Morgan fingerprint density at radius 2 is 1.96 bits per heavy atom. The highest BCUT2D eigenvalue weighted by Crippen LogP contribution is 2.26. The van der Waals surface area contributed by atoms with Crippen LogP contribution in [-0.2, 0) is 7.05 Å². The molecule has 4 rings (SSSR count). The van der Waals surface area contributed by atoms with Crippen LogP contribution in [0.4, 0.5) is 5.69 Å². The van der Waals surface area contributed by atoms with Gasteiger partial charge in [0, 0.05) is 12.6 Å². The third kappa shape index (κ3) is 2.35. The number of hydrogen-bond donors (Lipinski definition) is 0. The van der Waals surface area contributed by atoms with Gasteiger partial charge in [-0.05, 0) is 31.2 Å². The summed E-state index contributed by atoms with van der Waals surface area (Å²) in [5.41, 5.74) is 4.82. The molecule has 0 saturated heterocycles. The molecular formula is C18H16N4OS. The summed E-state index contributed by atoms with van der Waals surface area (Å²) in [6.07, 6.45) is 0. The normalized spacial score (nSPS) is 15.9. The number of aliphatic imine (C=N–C) groups is 1. The van der Waals surface area contributed by atoms with Gasteiger partial charge in [0.1, 0.15) is 11.5 Å². The van der Waals surface area contributed by atoms with Gasteiger partial charge in [0.25, 0.3) is 0 Å². The number of hydrogen-bond acceptors (Lipinski definition) is 5. The lowest BCUT2D eigenvalue weighted by Gasteiger charge is -1.99. The van der Waals surface area contributed by atoms with E-state index in [2.05, 4.69) is 15.2 Å². The van der Waals surface area contributed by atoms with Gasteiger partial charge in [-0.3, -0.25) is 4.99 Å². The molecule has 120 valence electrons. The maximum atomic E-state index is 5.29. The van der Waals surface area contributed by atoms with E-state index in [0.29, 0.717) is 0 Å². The predicted octanol–water partition coefficient (Wildman–Crippen LogP) is 3.66. The van der Waals surface area contributed by atoms with Crippen LogP contribution in [0.2, 0.25) is 0 Å². The second-order valence-electron chi connectivity index (χ2n) is 5.54. The first-order valence-corrected chi connectivity index (χ1v) is 8.39. The first-order chi connectivity index (χ1) is 11.7. The quantitative estimate of drug-likeness (QED) is 0.659. The lowest BCUT2D eigenvalue weighted by atomic mass is 10.1. The highest BCUT2D eigenvalue weighted by Gasteiger charge is 2.18. The van der Waals surface area contributed by atoms with Crippen LogP contribution in [0.15, 0.2) is 57.7 Å². The molecule has 0 bridgehead atoms. The summed E-state index contributed by atoms with van der Waals surface area (Å²) < 4.78 is 8.45. The third-order valence-corrected chi connectivity index (χ3v) is 5.13. The van der Waals surface area contributed by atoms with Crippen molar-refractivity contribution in [1.82, 2.24) is 4.57 Å². The molecule has 5 nitrogen and oxygen atoms in total. The Labute approximate surface area is 143 Å². The second kappa shape index (κ2) is 5.72. The van der Waals surface area contributed by atoms with Gasteiger partial charge >= 0.3 is 0 Å². The predicted molar refractivity (Wildman–Crippen MR) is 98.7 cm³/mol. The van der Waals surface area contributed by atoms with Crippen LogP contribution in [0.25, 0.3) is 10.2 Å². The van der Waals surface area contributed by atoms with Crippen molar-refractivity contribution in [2.45, 2.75) is 6.92 Å². The Morgan fingerprint density at radius 3 is 2.79 bits per heavy atom. The molecule has 0 saturated carbocycles.